The lowest BCUT2D eigenvalue weighted by molar-refractivity contribution is 0.0605. The van der Waals surface area contributed by atoms with E-state index in [2.05, 4.69) is 15.3 Å². The van der Waals surface area contributed by atoms with E-state index >= 15 is 0 Å². The third-order valence-corrected chi connectivity index (χ3v) is 5.22. The lowest BCUT2D eigenvalue weighted by Gasteiger charge is -2.23. The normalized spacial score (nSPS) is 16.1. The van der Waals surface area contributed by atoms with Gasteiger partial charge in [-0.2, -0.15) is 0 Å². The fourth-order valence-corrected chi connectivity index (χ4v) is 3.98. The minimum absolute atomic E-state index is 0.306. The summed E-state index contributed by atoms with van der Waals surface area (Å²) in [6, 6.07) is 0.470. The van der Waals surface area contributed by atoms with Gasteiger partial charge in [-0.05, 0) is 25.3 Å². The number of anilines is 1. The number of nitrogens with one attached hydrogen (secondary N) is 1. The van der Waals surface area contributed by atoms with Crippen molar-refractivity contribution in [2.75, 3.05) is 12.4 Å². The van der Waals surface area contributed by atoms with E-state index < -0.39 is 0 Å². The Labute approximate surface area is 127 Å². The zero-order valence-electron chi connectivity index (χ0n) is 12.3. The summed E-state index contributed by atoms with van der Waals surface area (Å²) < 4.78 is 4.84. The number of hydrogen-bond donors (Lipinski definition) is 1. The Morgan fingerprint density at radius 3 is 2.81 bits per heavy atom. The Balaban J connectivity index is 1.98. The maximum atomic E-state index is 11.8. The van der Waals surface area contributed by atoms with Gasteiger partial charge in [0.1, 0.15) is 21.9 Å². The summed E-state index contributed by atoms with van der Waals surface area (Å²) in [5.74, 6) is 0.537. The van der Waals surface area contributed by atoms with E-state index in [0.717, 1.165) is 21.6 Å². The summed E-state index contributed by atoms with van der Waals surface area (Å²) in [6.07, 6.45) is 7.77. The molecule has 0 atom stereocenters. The number of carbonyl (C=O) groups excluding carboxylic acids is 1. The van der Waals surface area contributed by atoms with Crippen molar-refractivity contribution in [3.8, 4) is 0 Å². The predicted octanol–water partition coefficient (Wildman–Crippen LogP) is 3.53. The SMILES string of the molecule is COC(=O)c1sc2ncnc(NC3CCCCC3)c2c1C. The van der Waals surface area contributed by atoms with Gasteiger partial charge in [0.2, 0.25) is 0 Å². The molecule has 0 radical (unpaired) electrons. The highest BCUT2D eigenvalue weighted by Crippen LogP contribution is 2.34. The van der Waals surface area contributed by atoms with E-state index in [0.29, 0.717) is 10.9 Å². The maximum absolute atomic E-state index is 11.8. The van der Waals surface area contributed by atoms with Crippen LogP contribution in [-0.4, -0.2) is 29.1 Å². The second kappa shape index (κ2) is 5.97. The summed E-state index contributed by atoms with van der Waals surface area (Å²) in [4.78, 5) is 22.0. The summed E-state index contributed by atoms with van der Waals surface area (Å²) in [5.41, 5.74) is 0.903. The number of aromatic nitrogens is 2. The number of rotatable bonds is 3. The Bertz CT molecular complexity index is 662. The number of esters is 1. The van der Waals surface area contributed by atoms with Crippen molar-refractivity contribution in [3.63, 3.8) is 0 Å². The molecule has 112 valence electrons. The standard InChI is InChI=1S/C15H19N3O2S/c1-9-11-13(18-10-6-4-3-5-7-10)16-8-17-14(11)21-12(9)15(19)20-2/h8,10H,3-7H2,1-2H3,(H,16,17,18). The van der Waals surface area contributed by atoms with Crippen molar-refractivity contribution in [1.29, 1.82) is 0 Å². The van der Waals surface area contributed by atoms with E-state index in [-0.39, 0.29) is 5.97 Å². The molecule has 0 unspecified atom stereocenters. The molecular weight excluding hydrogens is 286 g/mol. The van der Waals surface area contributed by atoms with Crippen LogP contribution >= 0.6 is 11.3 Å². The Morgan fingerprint density at radius 1 is 1.33 bits per heavy atom. The van der Waals surface area contributed by atoms with Crippen molar-refractivity contribution in [1.82, 2.24) is 9.97 Å². The van der Waals surface area contributed by atoms with E-state index in [1.807, 2.05) is 6.92 Å². The van der Waals surface area contributed by atoms with Gasteiger partial charge in [-0.3, -0.25) is 0 Å². The molecule has 21 heavy (non-hydrogen) atoms. The van der Waals surface area contributed by atoms with Gasteiger partial charge in [-0.1, -0.05) is 19.3 Å². The van der Waals surface area contributed by atoms with Gasteiger partial charge in [0, 0.05) is 6.04 Å². The van der Waals surface area contributed by atoms with Crippen molar-refractivity contribution in [3.05, 3.63) is 16.8 Å². The minimum atomic E-state index is -0.306. The van der Waals surface area contributed by atoms with Crippen molar-refractivity contribution >= 4 is 33.3 Å². The van der Waals surface area contributed by atoms with Crippen LogP contribution in [0, 0.1) is 6.92 Å². The zero-order chi connectivity index (χ0) is 14.8. The van der Waals surface area contributed by atoms with Gasteiger partial charge in [0.05, 0.1) is 12.5 Å². The number of aryl methyl sites for hydroxylation is 1. The van der Waals surface area contributed by atoms with E-state index in [1.54, 1.807) is 6.33 Å². The third-order valence-electron chi connectivity index (χ3n) is 4.04. The van der Waals surface area contributed by atoms with Crippen LogP contribution in [0.4, 0.5) is 5.82 Å². The Hall–Kier alpha value is -1.69. The molecule has 3 rings (SSSR count). The first-order valence-corrected chi connectivity index (χ1v) is 8.11. The first-order chi connectivity index (χ1) is 10.2. The molecule has 6 heteroatoms. The number of fused-ring (bicyclic) bond motifs is 1. The molecule has 2 heterocycles. The predicted molar refractivity (Wildman–Crippen MR) is 84.0 cm³/mol. The van der Waals surface area contributed by atoms with E-state index in [4.69, 9.17) is 4.74 Å². The summed E-state index contributed by atoms with van der Waals surface area (Å²) in [7, 11) is 1.40. The van der Waals surface area contributed by atoms with Gasteiger partial charge in [-0.25, -0.2) is 14.8 Å². The van der Waals surface area contributed by atoms with Crippen LogP contribution < -0.4 is 5.32 Å². The lowest BCUT2D eigenvalue weighted by Crippen LogP contribution is -2.23. The molecule has 1 saturated carbocycles. The monoisotopic (exact) mass is 305 g/mol. The Kier molecular flexibility index (Phi) is 4.05. The lowest BCUT2D eigenvalue weighted by atomic mass is 9.95. The number of hydrogen-bond acceptors (Lipinski definition) is 6. The van der Waals surface area contributed by atoms with Crippen LogP contribution in [0.5, 0.6) is 0 Å². The van der Waals surface area contributed by atoms with Gasteiger partial charge < -0.3 is 10.1 Å². The fraction of sp³-hybridized carbons (Fsp3) is 0.533. The Morgan fingerprint density at radius 2 is 2.10 bits per heavy atom. The largest absolute Gasteiger partial charge is 0.465 e. The molecule has 1 fully saturated rings. The van der Waals surface area contributed by atoms with E-state index in [9.17, 15) is 4.79 Å². The highest BCUT2D eigenvalue weighted by atomic mass is 32.1. The fourth-order valence-electron chi connectivity index (χ4n) is 2.91. The molecule has 0 bridgehead atoms. The molecule has 0 amide bonds. The van der Waals surface area contributed by atoms with Crippen molar-refractivity contribution < 1.29 is 9.53 Å². The van der Waals surface area contributed by atoms with Crippen LogP contribution in [0.2, 0.25) is 0 Å². The van der Waals surface area contributed by atoms with Crippen LogP contribution in [0.3, 0.4) is 0 Å². The molecule has 0 aromatic carbocycles. The molecular formula is C15H19N3O2S. The number of ether oxygens (including phenoxy) is 1. The van der Waals surface area contributed by atoms with Crippen molar-refractivity contribution in [2.24, 2.45) is 0 Å². The number of thiophene rings is 1. The summed E-state index contributed by atoms with van der Waals surface area (Å²) >= 11 is 1.37. The molecule has 1 aliphatic carbocycles. The van der Waals surface area contributed by atoms with Gasteiger partial charge in [-0.15, -0.1) is 11.3 Å². The number of methoxy groups -OCH3 is 1. The molecule has 1 N–H and O–H groups in total. The summed E-state index contributed by atoms with van der Waals surface area (Å²) in [6.45, 7) is 1.93. The summed E-state index contributed by atoms with van der Waals surface area (Å²) in [5, 5.41) is 4.49. The van der Waals surface area contributed by atoms with Crippen LogP contribution in [0.1, 0.15) is 47.3 Å². The second-order valence-electron chi connectivity index (χ2n) is 5.43. The van der Waals surface area contributed by atoms with Crippen LogP contribution in [0.15, 0.2) is 6.33 Å². The quantitative estimate of drug-likeness (QED) is 0.879. The highest BCUT2D eigenvalue weighted by Gasteiger charge is 2.21. The van der Waals surface area contributed by atoms with Crippen molar-refractivity contribution in [2.45, 2.75) is 45.1 Å². The molecule has 0 spiro atoms. The van der Waals surface area contributed by atoms with Gasteiger partial charge in [0.15, 0.2) is 0 Å². The smallest absolute Gasteiger partial charge is 0.348 e. The first kappa shape index (κ1) is 14.3. The third kappa shape index (κ3) is 2.72. The molecule has 0 aliphatic heterocycles. The molecule has 2 aromatic rings. The molecule has 1 aliphatic rings. The highest BCUT2D eigenvalue weighted by molar-refractivity contribution is 7.20. The average molecular weight is 305 g/mol. The molecule has 2 aromatic heterocycles. The topological polar surface area (TPSA) is 64.1 Å². The zero-order valence-corrected chi connectivity index (χ0v) is 13.1. The first-order valence-electron chi connectivity index (χ1n) is 7.29. The second-order valence-corrected chi connectivity index (χ2v) is 6.43. The number of carbonyl (C=O) groups is 1. The van der Waals surface area contributed by atoms with Gasteiger partial charge in [0.25, 0.3) is 0 Å². The molecule has 0 saturated heterocycles. The maximum Gasteiger partial charge on any atom is 0.348 e. The number of nitrogens with zero attached hydrogens (tertiary/aromatic N) is 2. The van der Waals surface area contributed by atoms with Gasteiger partial charge >= 0.3 is 5.97 Å². The average Bonchev–Trinajstić information content (AvgIpc) is 2.86. The minimum Gasteiger partial charge on any atom is -0.465 e. The molecule has 5 nitrogen and oxygen atoms in total. The van der Waals surface area contributed by atoms with E-state index in [1.165, 1.54) is 50.6 Å². The van der Waals surface area contributed by atoms with Crippen LogP contribution in [0.25, 0.3) is 10.2 Å². The van der Waals surface area contributed by atoms with Crippen LogP contribution in [-0.2, 0) is 4.74 Å².